The minimum absolute atomic E-state index is 0.0551. The van der Waals surface area contributed by atoms with Crippen molar-refractivity contribution in [3.05, 3.63) is 0 Å². The lowest BCUT2D eigenvalue weighted by Gasteiger charge is -1.99. The molecule has 0 heterocycles. The Bertz CT molecular complexity index is 329. The van der Waals surface area contributed by atoms with Gasteiger partial charge in [-0.1, -0.05) is 0 Å². The molecule has 0 atom stereocenters. The molecule has 12 heteroatoms. The van der Waals surface area contributed by atoms with E-state index >= 15 is 0 Å². The van der Waals surface area contributed by atoms with Crippen molar-refractivity contribution in [2.75, 3.05) is 0 Å². The predicted octanol–water partition coefficient (Wildman–Crippen LogP) is -3.73. The van der Waals surface area contributed by atoms with E-state index in [1.807, 2.05) is 21.7 Å². The van der Waals surface area contributed by atoms with E-state index in [-0.39, 0.29) is 36.5 Å². The van der Waals surface area contributed by atoms with Crippen molar-refractivity contribution >= 4 is 23.6 Å². The fraction of sp³-hybridized carbons (Fsp3) is 0.600. The first-order chi connectivity index (χ1) is 10.4. The molecule has 128 valence electrons. The molecule has 0 unspecified atom stereocenters. The molecular weight excluding hydrogens is 296 g/mol. The second kappa shape index (κ2) is 15.1. The summed E-state index contributed by atoms with van der Waals surface area (Å²) in [6.07, 6.45) is 2.06. The molecule has 0 spiro atoms. The Kier molecular flexibility index (Phi) is 15.1. The molecule has 22 heavy (non-hydrogen) atoms. The highest BCUT2D eigenvalue weighted by molar-refractivity contribution is 5.83. The number of hydrogen-bond acceptors (Lipinski definition) is 8. The average molecular weight is 320 g/mol. The third kappa shape index (κ3) is 15.8. The van der Waals surface area contributed by atoms with E-state index < -0.39 is 0 Å². The first-order valence-corrected chi connectivity index (χ1v) is 6.39. The summed E-state index contributed by atoms with van der Waals surface area (Å²) in [7, 11) is 0. The minimum Gasteiger partial charge on any atom is -0.294 e. The second-order valence-corrected chi connectivity index (χ2v) is 3.98. The van der Waals surface area contributed by atoms with Crippen LogP contribution >= 0.6 is 0 Å². The molecule has 0 aliphatic heterocycles. The molecule has 0 aromatic heterocycles. The zero-order valence-electron chi connectivity index (χ0n) is 12.2. The highest BCUT2D eigenvalue weighted by atomic mass is 16.2. The topological polar surface area (TPSA) is 220 Å². The van der Waals surface area contributed by atoms with Gasteiger partial charge in [0.15, 0.2) is 0 Å². The van der Waals surface area contributed by atoms with Crippen molar-refractivity contribution in [2.45, 2.75) is 38.5 Å². The molecule has 0 aromatic rings. The van der Waals surface area contributed by atoms with Crippen molar-refractivity contribution in [3.8, 4) is 0 Å². The van der Waals surface area contributed by atoms with E-state index in [1.165, 1.54) is 0 Å². The Balaban J connectivity index is 0. The highest BCUT2D eigenvalue weighted by Crippen LogP contribution is 1.98. The molecule has 0 aliphatic carbocycles. The average Bonchev–Trinajstić information content (AvgIpc) is 2.55. The fourth-order valence-corrected chi connectivity index (χ4v) is 1.09. The van der Waals surface area contributed by atoms with Gasteiger partial charge in [0.2, 0.25) is 23.6 Å². The van der Waals surface area contributed by atoms with Crippen LogP contribution in [0.25, 0.3) is 0 Å². The molecule has 12 nitrogen and oxygen atoms in total. The van der Waals surface area contributed by atoms with E-state index in [4.69, 9.17) is 23.4 Å². The number of hydrogen-bond donors (Lipinski definition) is 8. The number of carbonyl (C=O) groups is 4. The van der Waals surface area contributed by atoms with Crippen molar-refractivity contribution in [3.63, 3.8) is 0 Å². The van der Waals surface area contributed by atoms with Crippen LogP contribution < -0.4 is 45.1 Å². The predicted molar refractivity (Wildman–Crippen MR) is 77.0 cm³/mol. The van der Waals surface area contributed by atoms with Crippen LogP contribution in [0, 0.1) is 0 Å². The molecular formula is C10H24N8O4. The van der Waals surface area contributed by atoms with E-state index in [2.05, 4.69) is 0 Å². The molecule has 0 rings (SSSR count). The van der Waals surface area contributed by atoms with E-state index in [9.17, 15) is 19.2 Å². The number of unbranched alkanes of at least 4 members (excludes halogenated alkanes) is 1. The maximum absolute atomic E-state index is 10.6. The van der Waals surface area contributed by atoms with Crippen LogP contribution in [0.2, 0.25) is 0 Å². The largest absolute Gasteiger partial charge is 0.294 e. The van der Waals surface area contributed by atoms with Crippen LogP contribution in [-0.4, -0.2) is 23.6 Å². The summed E-state index contributed by atoms with van der Waals surface area (Å²) in [4.78, 5) is 41.9. The van der Waals surface area contributed by atoms with Gasteiger partial charge in [-0.15, -0.1) is 0 Å². The number of nitrogens with two attached hydrogens (primary N) is 4. The van der Waals surface area contributed by atoms with Crippen LogP contribution in [0.3, 0.4) is 0 Å². The van der Waals surface area contributed by atoms with Gasteiger partial charge in [-0.05, 0) is 12.8 Å². The van der Waals surface area contributed by atoms with Crippen molar-refractivity contribution in [1.29, 1.82) is 0 Å². The van der Waals surface area contributed by atoms with Gasteiger partial charge in [0.1, 0.15) is 0 Å². The zero-order valence-corrected chi connectivity index (χ0v) is 12.2. The second-order valence-electron chi connectivity index (χ2n) is 3.98. The number of carbonyl (C=O) groups excluding carboxylic acids is 4. The van der Waals surface area contributed by atoms with Gasteiger partial charge in [-0.3, -0.25) is 40.9 Å². The summed E-state index contributed by atoms with van der Waals surface area (Å²) >= 11 is 0. The maximum atomic E-state index is 10.6. The van der Waals surface area contributed by atoms with E-state index in [0.29, 0.717) is 25.7 Å². The van der Waals surface area contributed by atoms with Gasteiger partial charge in [0, 0.05) is 25.7 Å². The Morgan fingerprint density at radius 3 is 0.955 bits per heavy atom. The lowest BCUT2D eigenvalue weighted by atomic mass is 10.2. The number of hydrazine groups is 4. The summed E-state index contributed by atoms with van der Waals surface area (Å²) in [6.45, 7) is 0. The molecule has 0 saturated carbocycles. The first-order valence-electron chi connectivity index (χ1n) is 6.39. The van der Waals surface area contributed by atoms with Gasteiger partial charge in [0.25, 0.3) is 0 Å². The molecule has 0 bridgehead atoms. The molecule has 4 amide bonds. The van der Waals surface area contributed by atoms with Crippen LogP contribution in [0.1, 0.15) is 38.5 Å². The van der Waals surface area contributed by atoms with Gasteiger partial charge < -0.3 is 0 Å². The van der Waals surface area contributed by atoms with Gasteiger partial charge in [-0.2, -0.15) is 0 Å². The molecule has 0 aromatic carbocycles. The smallest absolute Gasteiger partial charge is 0.234 e. The quantitative estimate of drug-likeness (QED) is 0.0958. The fourth-order valence-electron chi connectivity index (χ4n) is 1.09. The lowest BCUT2D eigenvalue weighted by Crippen LogP contribution is -2.34. The standard InChI is InChI=1S/C6H14N4O2.C4H10N4O2/c7-9-5(11)3-1-2-4-6(12)10-8;5-7-3(9)1-2-4(10)8-6/h1-4,7-8H2,(H,9,11)(H,10,12);1-2,5-6H2,(H,7,9)(H,8,10). The number of rotatable bonds is 8. The number of amides is 4. The van der Waals surface area contributed by atoms with E-state index in [1.54, 1.807) is 0 Å². The third-order valence-corrected chi connectivity index (χ3v) is 2.28. The molecule has 0 saturated heterocycles. The van der Waals surface area contributed by atoms with Gasteiger partial charge in [0.05, 0.1) is 0 Å². The van der Waals surface area contributed by atoms with Crippen LogP contribution in [0.4, 0.5) is 0 Å². The van der Waals surface area contributed by atoms with Crippen molar-refractivity contribution in [1.82, 2.24) is 21.7 Å². The lowest BCUT2D eigenvalue weighted by molar-refractivity contribution is -0.126. The number of nitrogens with one attached hydrogen (secondary N) is 4. The SMILES string of the molecule is NNC(=O)CCC(=O)NN.NNC(=O)CCCCC(=O)NN. The summed E-state index contributed by atoms with van der Waals surface area (Å²) in [6, 6.07) is 0. The molecule has 12 N–H and O–H groups in total. The summed E-state index contributed by atoms with van der Waals surface area (Å²) in [5.74, 6) is 17.9. The van der Waals surface area contributed by atoms with Crippen molar-refractivity contribution in [2.24, 2.45) is 23.4 Å². The first kappa shape index (κ1) is 22.0. The monoisotopic (exact) mass is 320 g/mol. The summed E-state index contributed by atoms with van der Waals surface area (Å²) in [5, 5.41) is 0. The Hall–Kier alpha value is -2.28. The third-order valence-electron chi connectivity index (χ3n) is 2.28. The normalized spacial score (nSPS) is 8.91. The van der Waals surface area contributed by atoms with Crippen molar-refractivity contribution < 1.29 is 19.2 Å². The maximum Gasteiger partial charge on any atom is 0.234 e. The van der Waals surface area contributed by atoms with Crippen LogP contribution in [-0.2, 0) is 19.2 Å². The minimum atomic E-state index is -0.386. The molecule has 0 radical (unpaired) electrons. The Labute approximate surface area is 127 Å². The summed E-state index contributed by atoms with van der Waals surface area (Å²) < 4.78 is 0. The zero-order chi connectivity index (χ0) is 17.4. The Morgan fingerprint density at radius 1 is 0.500 bits per heavy atom. The van der Waals surface area contributed by atoms with Gasteiger partial charge >= 0.3 is 0 Å². The molecule has 0 fully saturated rings. The van der Waals surface area contributed by atoms with Crippen LogP contribution in [0.5, 0.6) is 0 Å². The van der Waals surface area contributed by atoms with Crippen LogP contribution in [0.15, 0.2) is 0 Å². The molecule has 0 aliphatic rings. The highest BCUT2D eigenvalue weighted by Gasteiger charge is 2.02. The van der Waals surface area contributed by atoms with Gasteiger partial charge in [-0.25, -0.2) is 23.4 Å². The summed E-state index contributed by atoms with van der Waals surface area (Å²) in [5.41, 5.74) is 7.78. The van der Waals surface area contributed by atoms with E-state index in [0.717, 1.165) is 0 Å². The Morgan fingerprint density at radius 2 is 0.727 bits per heavy atom.